The highest BCUT2D eigenvalue weighted by molar-refractivity contribution is 5.81. The zero-order valence-corrected chi connectivity index (χ0v) is 25.2. The molecule has 4 aromatic rings. The molecule has 44 heavy (non-hydrogen) atoms. The largest absolute Gasteiger partial charge is 0.484 e. The fourth-order valence-electron chi connectivity index (χ4n) is 5.29. The van der Waals surface area contributed by atoms with Gasteiger partial charge >= 0.3 is 0 Å². The van der Waals surface area contributed by atoms with Crippen molar-refractivity contribution in [2.24, 2.45) is 5.73 Å². The van der Waals surface area contributed by atoms with Gasteiger partial charge in [0.15, 0.2) is 17.4 Å². The van der Waals surface area contributed by atoms with E-state index in [4.69, 9.17) is 25.5 Å². The van der Waals surface area contributed by atoms with E-state index in [0.717, 1.165) is 72.9 Å². The van der Waals surface area contributed by atoms with E-state index in [-0.39, 0.29) is 36.0 Å². The molecule has 1 fully saturated rings. The molecule has 0 spiro atoms. The lowest BCUT2D eigenvalue weighted by atomic mass is 10.1. The van der Waals surface area contributed by atoms with Crippen LogP contribution in [-0.4, -0.2) is 44.9 Å². The van der Waals surface area contributed by atoms with Crippen molar-refractivity contribution in [1.82, 2.24) is 19.4 Å². The first-order valence-electron chi connectivity index (χ1n) is 14.9. The van der Waals surface area contributed by atoms with Crippen LogP contribution in [0.2, 0.25) is 0 Å². The van der Waals surface area contributed by atoms with Gasteiger partial charge in [-0.15, -0.1) is 0 Å². The van der Waals surface area contributed by atoms with E-state index in [9.17, 15) is 4.39 Å². The third-order valence-corrected chi connectivity index (χ3v) is 7.96. The van der Waals surface area contributed by atoms with Crippen LogP contribution >= 0.6 is 0 Å². The summed E-state index contributed by atoms with van der Waals surface area (Å²) < 4.78 is 42.7. The molecule has 230 valence electrons. The molecule has 2 aromatic carbocycles. The van der Waals surface area contributed by atoms with E-state index in [2.05, 4.69) is 21.0 Å². The molecule has 5 rings (SSSR count). The first-order valence-corrected chi connectivity index (χ1v) is 14.9. The van der Waals surface area contributed by atoms with Crippen LogP contribution in [0.3, 0.4) is 0 Å². The fourth-order valence-corrected chi connectivity index (χ4v) is 5.29. The number of imidazole rings is 1. The lowest BCUT2D eigenvalue weighted by Crippen LogP contribution is -2.40. The standard InChI is InChI=1S/C34H38F2N6O2/c1-22(2)26-16-30(36)34-31(17-26)42(19-28-10-13-43-28)33(40-34)20-41(23(3)38)12-5-4-6-24-9-11-39-27(14-24)21-44-32-8-7-25(18-37)15-29(32)35/h7-9,11,14-17,23,28H,1,4-6,10,12-13,19-21,38H2,2-3H3. The summed E-state index contributed by atoms with van der Waals surface area (Å²) in [5.41, 5.74) is 11.1. The summed E-state index contributed by atoms with van der Waals surface area (Å²) in [6, 6.07) is 13.4. The van der Waals surface area contributed by atoms with Gasteiger partial charge in [0.25, 0.3) is 0 Å². The topological polar surface area (TPSA) is 102 Å². The maximum Gasteiger partial charge on any atom is 0.166 e. The molecule has 0 bridgehead atoms. The molecule has 2 N–H and O–H groups in total. The highest BCUT2D eigenvalue weighted by Gasteiger charge is 2.24. The Morgan fingerprint density at radius 2 is 2.05 bits per heavy atom. The number of nitrogens with zero attached hydrogens (tertiary/aromatic N) is 5. The Bertz CT molecular complexity index is 1670. The molecular formula is C34H38F2N6O2. The quantitative estimate of drug-likeness (QED) is 0.138. The summed E-state index contributed by atoms with van der Waals surface area (Å²) in [6.45, 7) is 10.5. The number of benzene rings is 2. The van der Waals surface area contributed by atoms with Crippen molar-refractivity contribution in [1.29, 1.82) is 5.26 Å². The number of unbranched alkanes of at least 4 members (excludes halogenated alkanes) is 1. The minimum atomic E-state index is -0.576. The minimum absolute atomic E-state index is 0.0833. The second-order valence-electron chi connectivity index (χ2n) is 11.4. The normalized spacial score (nSPS) is 15.2. The number of pyridine rings is 1. The molecular weight excluding hydrogens is 562 g/mol. The number of hydrogen-bond acceptors (Lipinski definition) is 7. The SMILES string of the molecule is C=C(C)c1cc(F)c2nc(CN(CCCCc3ccnc(COc4ccc(C#N)cc4F)c3)C(C)N)n(CC3CCO3)c2c1. The van der Waals surface area contributed by atoms with Crippen molar-refractivity contribution in [3.05, 3.63) is 95.1 Å². The zero-order chi connectivity index (χ0) is 31.2. The van der Waals surface area contributed by atoms with Crippen molar-refractivity contribution in [3.63, 3.8) is 0 Å². The second-order valence-corrected chi connectivity index (χ2v) is 11.4. The Kier molecular flexibility index (Phi) is 10.0. The second kappa shape index (κ2) is 14.1. The summed E-state index contributed by atoms with van der Waals surface area (Å²) >= 11 is 0. The number of fused-ring (bicyclic) bond motifs is 1. The van der Waals surface area contributed by atoms with Crippen LogP contribution < -0.4 is 10.5 Å². The molecule has 0 saturated carbocycles. The molecule has 2 unspecified atom stereocenters. The molecule has 1 aliphatic rings. The lowest BCUT2D eigenvalue weighted by molar-refractivity contribution is -0.0592. The van der Waals surface area contributed by atoms with Crippen LogP contribution in [0, 0.1) is 23.0 Å². The van der Waals surface area contributed by atoms with E-state index in [1.807, 2.05) is 38.1 Å². The number of aromatic nitrogens is 3. The maximum atomic E-state index is 15.1. The molecule has 10 heteroatoms. The van der Waals surface area contributed by atoms with Crippen LogP contribution in [0.4, 0.5) is 8.78 Å². The van der Waals surface area contributed by atoms with Crippen LogP contribution in [-0.2, 0) is 30.9 Å². The van der Waals surface area contributed by atoms with Gasteiger partial charge in [-0.25, -0.2) is 13.8 Å². The van der Waals surface area contributed by atoms with E-state index >= 15 is 4.39 Å². The summed E-state index contributed by atoms with van der Waals surface area (Å²) in [5, 5.41) is 8.91. The summed E-state index contributed by atoms with van der Waals surface area (Å²) in [7, 11) is 0. The molecule has 0 aliphatic carbocycles. The molecule has 2 aromatic heterocycles. The Hall–Kier alpha value is -4.17. The number of allylic oxidation sites excluding steroid dienone is 1. The highest BCUT2D eigenvalue weighted by atomic mass is 19.1. The summed E-state index contributed by atoms with van der Waals surface area (Å²) in [6.07, 6.45) is 5.21. The molecule has 3 heterocycles. The van der Waals surface area contributed by atoms with Crippen LogP contribution in [0.1, 0.15) is 61.3 Å². The van der Waals surface area contributed by atoms with Crippen molar-refractivity contribution in [3.8, 4) is 11.8 Å². The van der Waals surface area contributed by atoms with Gasteiger partial charge < -0.3 is 19.8 Å². The van der Waals surface area contributed by atoms with E-state index in [0.29, 0.717) is 24.3 Å². The van der Waals surface area contributed by atoms with Crippen LogP contribution in [0.15, 0.2) is 55.2 Å². The first-order chi connectivity index (χ1) is 21.2. The van der Waals surface area contributed by atoms with Crippen LogP contribution in [0.25, 0.3) is 16.6 Å². The van der Waals surface area contributed by atoms with Gasteiger partial charge in [-0.2, -0.15) is 5.26 Å². The van der Waals surface area contributed by atoms with Crippen molar-refractivity contribution in [2.75, 3.05) is 13.2 Å². The average molecular weight is 601 g/mol. The summed E-state index contributed by atoms with van der Waals surface area (Å²) in [5.74, 6) is -0.0814. The van der Waals surface area contributed by atoms with Gasteiger partial charge in [-0.3, -0.25) is 9.88 Å². The van der Waals surface area contributed by atoms with E-state index < -0.39 is 5.82 Å². The highest BCUT2D eigenvalue weighted by Crippen LogP contribution is 2.27. The Morgan fingerprint density at radius 3 is 2.73 bits per heavy atom. The van der Waals surface area contributed by atoms with Crippen molar-refractivity contribution >= 4 is 16.6 Å². The molecule has 1 aliphatic heterocycles. The van der Waals surface area contributed by atoms with Crippen molar-refractivity contribution in [2.45, 2.75) is 71.5 Å². The van der Waals surface area contributed by atoms with Gasteiger partial charge in [-0.05, 0) is 93.1 Å². The van der Waals surface area contributed by atoms with E-state index in [1.54, 1.807) is 6.20 Å². The third kappa shape index (κ3) is 7.48. The lowest BCUT2D eigenvalue weighted by Gasteiger charge is -2.29. The molecule has 2 atom stereocenters. The van der Waals surface area contributed by atoms with E-state index in [1.165, 1.54) is 18.2 Å². The van der Waals surface area contributed by atoms with Crippen LogP contribution in [0.5, 0.6) is 5.75 Å². The Labute approximate surface area is 256 Å². The molecule has 1 saturated heterocycles. The number of hydrogen-bond donors (Lipinski definition) is 1. The predicted octanol–water partition coefficient (Wildman–Crippen LogP) is 6.11. The number of nitriles is 1. The number of halogens is 2. The number of nitrogens with two attached hydrogens (primary N) is 1. The average Bonchev–Trinajstić information content (AvgIpc) is 3.33. The zero-order valence-electron chi connectivity index (χ0n) is 25.2. The van der Waals surface area contributed by atoms with Gasteiger partial charge in [0.2, 0.25) is 0 Å². The minimum Gasteiger partial charge on any atom is -0.484 e. The van der Waals surface area contributed by atoms with Gasteiger partial charge in [0.05, 0.1) is 48.2 Å². The molecule has 8 nitrogen and oxygen atoms in total. The summed E-state index contributed by atoms with van der Waals surface area (Å²) in [4.78, 5) is 11.2. The predicted molar refractivity (Wildman–Crippen MR) is 165 cm³/mol. The van der Waals surface area contributed by atoms with Crippen molar-refractivity contribution < 1.29 is 18.3 Å². The molecule has 0 radical (unpaired) electrons. The number of rotatable bonds is 14. The fraction of sp³-hybridized carbons (Fsp3) is 0.382. The smallest absolute Gasteiger partial charge is 0.166 e. The van der Waals surface area contributed by atoms with Gasteiger partial charge in [-0.1, -0.05) is 12.2 Å². The Balaban J connectivity index is 1.20. The third-order valence-electron chi connectivity index (χ3n) is 7.96. The van der Waals surface area contributed by atoms with Gasteiger partial charge in [0, 0.05) is 19.3 Å². The molecule has 0 amide bonds. The van der Waals surface area contributed by atoms with Gasteiger partial charge in [0.1, 0.15) is 17.9 Å². The first kappa shape index (κ1) is 31.3. The Morgan fingerprint density at radius 1 is 1.23 bits per heavy atom. The number of ether oxygens (including phenoxy) is 2. The number of aryl methyl sites for hydroxylation is 1. The monoisotopic (exact) mass is 600 g/mol. The maximum absolute atomic E-state index is 15.1.